The van der Waals surface area contributed by atoms with E-state index in [4.69, 9.17) is 28.3 Å². The SMILES string of the molecule is O=C(CO)Nc1c(Cl)cccc1Cl. The van der Waals surface area contributed by atoms with Gasteiger partial charge in [-0.3, -0.25) is 4.79 Å². The van der Waals surface area contributed by atoms with Crippen LogP contribution in [0.1, 0.15) is 0 Å². The van der Waals surface area contributed by atoms with Crippen LogP contribution in [-0.4, -0.2) is 17.6 Å². The molecular formula is C8H7Cl2NO2. The number of benzene rings is 1. The number of hydrogen-bond acceptors (Lipinski definition) is 2. The molecule has 0 heterocycles. The number of aliphatic hydroxyl groups excluding tert-OH is 1. The number of rotatable bonds is 2. The van der Waals surface area contributed by atoms with Gasteiger partial charge in [0.15, 0.2) is 0 Å². The predicted octanol–water partition coefficient (Wildman–Crippen LogP) is 1.92. The lowest BCUT2D eigenvalue weighted by Crippen LogP contribution is -2.15. The lowest BCUT2D eigenvalue weighted by atomic mass is 10.3. The molecule has 70 valence electrons. The molecule has 0 saturated heterocycles. The molecule has 0 radical (unpaired) electrons. The topological polar surface area (TPSA) is 49.3 Å². The number of para-hydroxylation sites is 1. The lowest BCUT2D eigenvalue weighted by Gasteiger charge is -2.06. The monoisotopic (exact) mass is 219 g/mol. The van der Waals surface area contributed by atoms with Crippen molar-refractivity contribution in [2.45, 2.75) is 0 Å². The first kappa shape index (κ1) is 10.3. The van der Waals surface area contributed by atoms with E-state index >= 15 is 0 Å². The first-order valence-electron chi connectivity index (χ1n) is 3.50. The van der Waals surface area contributed by atoms with Gasteiger partial charge in [0.05, 0.1) is 15.7 Å². The maximum atomic E-state index is 10.8. The first-order chi connectivity index (χ1) is 6.15. The van der Waals surface area contributed by atoms with E-state index in [0.717, 1.165) is 0 Å². The Morgan fingerprint density at radius 3 is 2.38 bits per heavy atom. The van der Waals surface area contributed by atoms with Crippen LogP contribution in [0, 0.1) is 0 Å². The molecule has 2 N–H and O–H groups in total. The summed E-state index contributed by atoms with van der Waals surface area (Å²) in [5, 5.41) is 11.5. The molecule has 0 aliphatic carbocycles. The van der Waals surface area contributed by atoms with Gasteiger partial charge in [-0.25, -0.2) is 0 Å². The number of nitrogens with one attached hydrogen (secondary N) is 1. The fraction of sp³-hybridized carbons (Fsp3) is 0.125. The number of anilines is 1. The van der Waals surface area contributed by atoms with E-state index in [2.05, 4.69) is 5.32 Å². The van der Waals surface area contributed by atoms with Gasteiger partial charge in [0, 0.05) is 0 Å². The van der Waals surface area contributed by atoms with Crippen molar-refractivity contribution in [3.8, 4) is 0 Å². The highest BCUT2D eigenvalue weighted by Crippen LogP contribution is 2.29. The summed E-state index contributed by atoms with van der Waals surface area (Å²) in [6, 6.07) is 4.86. The Bertz CT molecular complexity index is 308. The van der Waals surface area contributed by atoms with Crippen LogP contribution in [0.4, 0.5) is 5.69 Å². The van der Waals surface area contributed by atoms with Gasteiger partial charge in [0.25, 0.3) is 0 Å². The van der Waals surface area contributed by atoms with Gasteiger partial charge in [-0.15, -0.1) is 0 Å². The molecule has 0 unspecified atom stereocenters. The van der Waals surface area contributed by atoms with Crippen molar-refractivity contribution in [1.82, 2.24) is 0 Å². The summed E-state index contributed by atoms with van der Waals surface area (Å²) in [5.41, 5.74) is 0.324. The van der Waals surface area contributed by atoms with E-state index in [9.17, 15) is 4.79 Å². The minimum Gasteiger partial charge on any atom is -0.387 e. The number of carbonyl (C=O) groups excluding carboxylic acids is 1. The van der Waals surface area contributed by atoms with Gasteiger partial charge in [-0.1, -0.05) is 29.3 Å². The molecule has 0 atom stereocenters. The Morgan fingerprint density at radius 1 is 1.38 bits per heavy atom. The quantitative estimate of drug-likeness (QED) is 0.799. The number of halogens is 2. The van der Waals surface area contributed by atoms with Gasteiger partial charge in [-0.2, -0.15) is 0 Å². The maximum Gasteiger partial charge on any atom is 0.250 e. The summed E-state index contributed by atoms with van der Waals surface area (Å²) >= 11 is 11.5. The zero-order valence-electron chi connectivity index (χ0n) is 6.55. The van der Waals surface area contributed by atoms with Crippen molar-refractivity contribution in [3.05, 3.63) is 28.2 Å². The van der Waals surface area contributed by atoms with Crippen LogP contribution >= 0.6 is 23.2 Å². The molecule has 13 heavy (non-hydrogen) atoms. The molecule has 0 bridgehead atoms. The summed E-state index contributed by atoms with van der Waals surface area (Å²) in [6.07, 6.45) is 0. The van der Waals surface area contributed by atoms with Crippen molar-refractivity contribution in [2.75, 3.05) is 11.9 Å². The summed E-state index contributed by atoms with van der Waals surface area (Å²) in [4.78, 5) is 10.8. The molecule has 0 spiro atoms. The molecule has 1 amide bonds. The van der Waals surface area contributed by atoms with Crippen molar-refractivity contribution in [3.63, 3.8) is 0 Å². The zero-order valence-corrected chi connectivity index (χ0v) is 8.06. The highest BCUT2D eigenvalue weighted by Gasteiger charge is 2.07. The van der Waals surface area contributed by atoms with Crippen molar-refractivity contribution >= 4 is 34.8 Å². The highest BCUT2D eigenvalue weighted by atomic mass is 35.5. The van der Waals surface area contributed by atoms with Crippen molar-refractivity contribution in [2.24, 2.45) is 0 Å². The van der Waals surface area contributed by atoms with Crippen LogP contribution in [0.3, 0.4) is 0 Å². The summed E-state index contributed by atoms with van der Waals surface area (Å²) < 4.78 is 0. The average molecular weight is 220 g/mol. The number of amides is 1. The van der Waals surface area contributed by atoms with Gasteiger partial charge in [-0.05, 0) is 12.1 Å². The lowest BCUT2D eigenvalue weighted by molar-refractivity contribution is -0.118. The molecule has 1 aromatic carbocycles. The van der Waals surface area contributed by atoms with Crippen LogP contribution in [0.25, 0.3) is 0 Å². The number of aliphatic hydroxyl groups is 1. The van der Waals surface area contributed by atoms with E-state index in [-0.39, 0.29) is 0 Å². The third-order valence-corrected chi connectivity index (χ3v) is 2.00. The minimum atomic E-state index is -0.596. The normalized spacial score (nSPS) is 9.77. The van der Waals surface area contributed by atoms with Gasteiger partial charge in [0.2, 0.25) is 5.91 Å². The number of carbonyl (C=O) groups is 1. The Balaban J connectivity index is 2.93. The van der Waals surface area contributed by atoms with Crippen LogP contribution in [0.15, 0.2) is 18.2 Å². The summed E-state index contributed by atoms with van der Waals surface area (Å²) in [5.74, 6) is -0.546. The average Bonchev–Trinajstić information content (AvgIpc) is 2.11. The van der Waals surface area contributed by atoms with E-state index in [0.29, 0.717) is 15.7 Å². The largest absolute Gasteiger partial charge is 0.387 e. The van der Waals surface area contributed by atoms with Gasteiger partial charge >= 0.3 is 0 Å². The summed E-state index contributed by atoms with van der Waals surface area (Å²) in [6.45, 7) is -0.596. The molecule has 0 saturated carbocycles. The third kappa shape index (κ3) is 2.59. The van der Waals surface area contributed by atoms with E-state index in [1.165, 1.54) is 0 Å². The Morgan fingerprint density at radius 2 is 1.92 bits per heavy atom. The summed E-state index contributed by atoms with van der Waals surface area (Å²) in [7, 11) is 0. The Hall–Kier alpha value is -0.770. The van der Waals surface area contributed by atoms with Crippen LogP contribution in [-0.2, 0) is 4.79 Å². The second-order valence-electron chi connectivity index (χ2n) is 2.30. The molecule has 1 rings (SSSR count). The predicted molar refractivity (Wildman–Crippen MR) is 52.2 cm³/mol. The molecule has 0 aliphatic rings. The molecule has 0 fully saturated rings. The van der Waals surface area contributed by atoms with Crippen LogP contribution in [0.5, 0.6) is 0 Å². The fourth-order valence-corrected chi connectivity index (χ4v) is 1.29. The molecule has 0 aliphatic heterocycles. The first-order valence-corrected chi connectivity index (χ1v) is 4.25. The van der Waals surface area contributed by atoms with Crippen LogP contribution < -0.4 is 5.32 Å². The van der Waals surface area contributed by atoms with Crippen LogP contribution in [0.2, 0.25) is 10.0 Å². The van der Waals surface area contributed by atoms with Gasteiger partial charge < -0.3 is 10.4 Å². The molecule has 0 aromatic heterocycles. The number of hydrogen-bond donors (Lipinski definition) is 2. The fourth-order valence-electron chi connectivity index (χ4n) is 0.796. The molecular weight excluding hydrogens is 213 g/mol. The molecule has 5 heteroatoms. The van der Waals surface area contributed by atoms with Crippen molar-refractivity contribution in [1.29, 1.82) is 0 Å². The smallest absolute Gasteiger partial charge is 0.250 e. The second-order valence-corrected chi connectivity index (χ2v) is 3.12. The Kier molecular flexibility index (Phi) is 3.54. The molecule has 3 nitrogen and oxygen atoms in total. The minimum absolute atomic E-state index is 0.324. The maximum absolute atomic E-state index is 10.8. The van der Waals surface area contributed by atoms with Gasteiger partial charge in [0.1, 0.15) is 6.61 Å². The standard InChI is InChI=1S/C8H7Cl2NO2/c9-5-2-1-3-6(10)8(5)11-7(13)4-12/h1-3,12H,4H2,(H,11,13). The Labute approximate surface area is 85.3 Å². The van der Waals surface area contributed by atoms with E-state index < -0.39 is 12.5 Å². The third-order valence-electron chi connectivity index (χ3n) is 1.37. The highest BCUT2D eigenvalue weighted by molar-refractivity contribution is 6.39. The van der Waals surface area contributed by atoms with E-state index in [1.807, 2.05) is 0 Å². The van der Waals surface area contributed by atoms with E-state index in [1.54, 1.807) is 18.2 Å². The zero-order chi connectivity index (χ0) is 9.84. The van der Waals surface area contributed by atoms with Crippen molar-refractivity contribution < 1.29 is 9.90 Å². The molecule has 1 aromatic rings. The second kappa shape index (κ2) is 4.46.